The Balaban J connectivity index is 1.59. The van der Waals surface area contributed by atoms with Gasteiger partial charge < -0.3 is 5.32 Å². The molecule has 1 saturated heterocycles. The molecule has 0 atom stereocenters. The van der Waals surface area contributed by atoms with Crippen LogP contribution in [0.1, 0.15) is 36.3 Å². The molecule has 0 spiro atoms. The third kappa shape index (κ3) is 3.78. The number of piperidine rings is 1. The fourth-order valence-corrected chi connectivity index (χ4v) is 5.23. The molecule has 0 bridgehead atoms. The van der Waals surface area contributed by atoms with E-state index in [-0.39, 0.29) is 6.54 Å². The number of nitrogens with zero attached hydrogens (tertiary/aromatic N) is 6. The van der Waals surface area contributed by atoms with E-state index in [0.717, 1.165) is 30.5 Å². The lowest BCUT2D eigenvalue weighted by molar-refractivity contribution is 0.293. The summed E-state index contributed by atoms with van der Waals surface area (Å²) in [6.45, 7) is 3.71. The van der Waals surface area contributed by atoms with Crippen molar-refractivity contribution in [1.82, 2.24) is 28.5 Å². The van der Waals surface area contributed by atoms with E-state index < -0.39 is 10.2 Å². The van der Waals surface area contributed by atoms with Crippen molar-refractivity contribution < 1.29 is 8.42 Å². The summed E-state index contributed by atoms with van der Waals surface area (Å²) in [6.07, 6.45) is 8.35. The summed E-state index contributed by atoms with van der Waals surface area (Å²) in [4.78, 5) is 17.3. The Bertz CT molecular complexity index is 914. The van der Waals surface area contributed by atoms with Crippen LogP contribution in [-0.4, -0.2) is 56.6 Å². The maximum absolute atomic E-state index is 13.0. The second-order valence-corrected chi connectivity index (χ2v) is 8.74. The molecule has 2 aliphatic heterocycles. The molecule has 27 heavy (non-hydrogen) atoms. The quantitative estimate of drug-likeness (QED) is 0.843. The first-order valence-corrected chi connectivity index (χ1v) is 10.6. The molecule has 4 rings (SSSR count). The zero-order valence-corrected chi connectivity index (χ0v) is 16.1. The first-order valence-electron chi connectivity index (χ1n) is 9.19. The maximum Gasteiger partial charge on any atom is 0.282 e. The van der Waals surface area contributed by atoms with Gasteiger partial charge in [-0.1, -0.05) is 6.42 Å². The van der Waals surface area contributed by atoms with E-state index in [1.165, 1.54) is 0 Å². The molecule has 0 unspecified atom stereocenters. The van der Waals surface area contributed by atoms with E-state index >= 15 is 0 Å². The molecule has 4 heterocycles. The van der Waals surface area contributed by atoms with Gasteiger partial charge in [-0.25, -0.2) is 15.0 Å². The summed E-state index contributed by atoms with van der Waals surface area (Å²) in [5.74, 6) is 1.87. The molecule has 2 aliphatic rings. The Labute approximate surface area is 159 Å². The van der Waals surface area contributed by atoms with Crippen LogP contribution < -0.4 is 5.32 Å². The molecular formula is C17H23N7O2S. The van der Waals surface area contributed by atoms with Crippen LogP contribution in [0.25, 0.3) is 0 Å². The van der Waals surface area contributed by atoms with Crippen LogP contribution in [0.3, 0.4) is 0 Å². The molecule has 2 aromatic heterocycles. The molecule has 1 fully saturated rings. The van der Waals surface area contributed by atoms with Crippen molar-refractivity contribution >= 4 is 21.8 Å². The number of nitrogens with one attached hydrogen (secondary N) is 1. The van der Waals surface area contributed by atoms with Gasteiger partial charge in [0.05, 0.1) is 18.4 Å². The highest BCUT2D eigenvalue weighted by molar-refractivity contribution is 7.86. The first kappa shape index (κ1) is 18.2. The van der Waals surface area contributed by atoms with Crippen LogP contribution >= 0.6 is 0 Å². The van der Waals surface area contributed by atoms with Crippen molar-refractivity contribution in [2.75, 3.05) is 25.0 Å². The van der Waals surface area contributed by atoms with E-state index in [4.69, 9.17) is 0 Å². The zero-order valence-electron chi connectivity index (χ0n) is 15.3. The standard InChI is InChI=1S/C17H23N7O2S/c1-13-20-15-12-24(27(25,26)23-8-3-2-4-9-23)10-5-14(15)17(21-13)22-16-11-18-6-7-19-16/h6-7,11H,2-5,8-10,12H2,1H3,(H,19,20,21,22). The van der Waals surface area contributed by atoms with Gasteiger partial charge in [0.25, 0.3) is 10.2 Å². The second kappa shape index (κ2) is 7.45. The number of hydrogen-bond acceptors (Lipinski definition) is 7. The summed E-state index contributed by atoms with van der Waals surface area (Å²) in [5.41, 5.74) is 1.69. The van der Waals surface area contributed by atoms with Crippen LogP contribution in [0.4, 0.5) is 11.6 Å². The highest BCUT2D eigenvalue weighted by Crippen LogP contribution is 2.28. The topological polar surface area (TPSA) is 104 Å². The van der Waals surface area contributed by atoms with Crippen molar-refractivity contribution in [3.63, 3.8) is 0 Å². The van der Waals surface area contributed by atoms with E-state index in [9.17, 15) is 8.42 Å². The van der Waals surface area contributed by atoms with E-state index in [2.05, 4.69) is 25.3 Å². The van der Waals surface area contributed by atoms with Crippen LogP contribution in [0, 0.1) is 6.92 Å². The van der Waals surface area contributed by atoms with Gasteiger partial charge in [0.2, 0.25) is 0 Å². The molecular weight excluding hydrogens is 366 g/mol. The molecule has 2 aromatic rings. The van der Waals surface area contributed by atoms with Crippen molar-refractivity contribution in [1.29, 1.82) is 0 Å². The zero-order chi connectivity index (χ0) is 18.9. The third-order valence-electron chi connectivity index (χ3n) is 4.92. The number of hydrogen-bond donors (Lipinski definition) is 1. The summed E-state index contributed by atoms with van der Waals surface area (Å²) in [7, 11) is -3.45. The van der Waals surface area contributed by atoms with Gasteiger partial charge in [0, 0.05) is 37.6 Å². The summed E-state index contributed by atoms with van der Waals surface area (Å²) in [6, 6.07) is 0. The lowest BCUT2D eigenvalue weighted by Crippen LogP contribution is -2.47. The fraction of sp³-hybridized carbons (Fsp3) is 0.529. The molecule has 10 heteroatoms. The normalized spacial score (nSPS) is 18.9. The minimum atomic E-state index is -3.45. The molecule has 0 saturated carbocycles. The summed E-state index contributed by atoms with van der Waals surface area (Å²) in [5, 5.41) is 3.19. The summed E-state index contributed by atoms with van der Waals surface area (Å²) < 4.78 is 29.1. The number of rotatable bonds is 4. The lowest BCUT2D eigenvalue weighted by atomic mass is 10.1. The average molecular weight is 389 g/mol. The van der Waals surface area contributed by atoms with Gasteiger partial charge in [0.1, 0.15) is 17.5 Å². The Hall–Kier alpha value is -2.17. The third-order valence-corrected chi connectivity index (χ3v) is 6.90. The van der Waals surface area contributed by atoms with Gasteiger partial charge in [-0.05, 0) is 26.2 Å². The minimum absolute atomic E-state index is 0.271. The Morgan fingerprint density at radius 1 is 1.04 bits per heavy atom. The van der Waals surface area contributed by atoms with Gasteiger partial charge in [-0.15, -0.1) is 0 Å². The molecule has 144 valence electrons. The smallest absolute Gasteiger partial charge is 0.282 e. The average Bonchev–Trinajstić information content (AvgIpc) is 2.69. The predicted octanol–water partition coefficient (Wildman–Crippen LogP) is 1.41. The minimum Gasteiger partial charge on any atom is -0.323 e. The Morgan fingerprint density at radius 2 is 1.85 bits per heavy atom. The number of aromatic nitrogens is 4. The van der Waals surface area contributed by atoms with Crippen molar-refractivity contribution in [3.8, 4) is 0 Å². The maximum atomic E-state index is 13.0. The second-order valence-electron chi connectivity index (χ2n) is 6.81. The van der Waals surface area contributed by atoms with Crippen molar-refractivity contribution in [2.24, 2.45) is 0 Å². The molecule has 9 nitrogen and oxygen atoms in total. The van der Waals surface area contributed by atoms with Gasteiger partial charge in [-0.2, -0.15) is 17.0 Å². The van der Waals surface area contributed by atoms with Crippen molar-refractivity contribution in [2.45, 2.75) is 39.2 Å². The van der Waals surface area contributed by atoms with Crippen LogP contribution in [0.15, 0.2) is 18.6 Å². The molecule has 0 radical (unpaired) electrons. The van der Waals surface area contributed by atoms with Gasteiger partial charge in [0.15, 0.2) is 0 Å². The van der Waals surface area contributed by atoms with Gasteiger partial charge in [-0.3, -0.25) is 4.98 Å². The molecule has 1 N–H and O–H groups in total. The molecule has 0 aliphatic carbocycles. The van der Waals surface area contributed by atoms with Crippen LogP contribution in [0.2, 0.25) is 0 Å². The molecule has 0 aromatic carbocycles. The van der Waals surface area contributed by atoms with E-state index in [1.807, 2.05) is 0 Å². The Morgan fingerprint density at radius 3 is 2.59 bits per heavy atom. The largest absolute Gasteiger partial charge is 0.323 e. The van der Waals surface area contributed by atoms with Crippen LogP contribution in [-0.2, 0) is 23.2 Å². The number of fused-ring (bicyclic) bond motifs is 1. The van der Waals surface area contributed by atoms with E-state index in [0.29, 0.717) is 43.5 Å². The lowest BCUT2D eigenvalue weighted by Gasteiger charge is -2.34. The summed E-state index contributed by atoms with van der Waals surface area (Å²) >= 11 is 0. The number of anilines is 2. The fourth-order valence-electron chi connectivity index (χ4n) is 3.57. The predicted molar refractivity (Wildman–Crippen MR) is 101 cm³/mol. The number of aryl methyl sites for hydroxylation is 1. The van der Waals surface area contributed by atoms with Crippen LogP contribution in [0.5, 0.6) is 0 Å². The van der Waals surface area contributed by atoms with Gasteiger partial charge >= 0.3 is 0 Å². The highest BCUT2D eigenvalue weighted by Gasteiger charge is 2.34. The van der Waals surface area contributed by atoms with Crippen molar-refractivity contribution in [3.05, 3.63) is 35.7 Å². The first-order chi connectivity index (χ1) is 13.0. The molecule has 0 amide bonds. The highest BCUT2D eigenvalue weighted by atomic mass is 32.2. The SMILES string of the molecule is Cc1nc2c(c(Nc3cnccn3)n1)CCN(S(=O)(=O)N1CCCCC1)C2. The van der Waals surface area contributed by atoms with E-state index in [1.54, 1.807) is 34.1 Å². The monoisotopic (exact) mass is 389 g/mol. The Kier molecular flexibility index (Phi) is 5.02.